The van der Waals surface area contributed by atoms with Gasteiger partial charge in [0, 0.05) is 5.75 Å². The van der Waals surface area contributed by atoms with E-state index in [1.165, 1.54) is 30.1 Å². The summed E-state index contributed by atoms with van der Waals surface area (Å²) >= 11 is 1.26. The third kappa shape index (κ3) is 8.33. The SMILES string of the molecule is NC(=NN=Cc1ccc(OC(F)(F)C(F)OC(F)(F)F)cc1)SCc1ccccc1. The summed E-state index contributed by atoms with van der Waals surface area (Å²) in [6, 6.07) is 14.0. The summed E-state index contributed by atoms with van der Waals surface area (Å²) in [6.07, 6.45) is -13.2. The molecule has 0 saturated carbocycles. The summed E-state index contributed by atoms with van der Waals surface area (Å²) < 4.78 is 81.8. The molecule has 2 rings (SSSR count). The molecule has 0 amide bonds. The molecule has 0 aromatic heterocycles. The Kier molecular flexibility index (Phi) is 8.12. The standard InChI is InChI=1S/C18H15F6N3O2S/c19-15(29-18(22,23)24)17(20,21)28-14-8-6-12(7-9-14)10-26-27-16(25)30-11-13-4-2-1-3-5-13/h1-10,15H,11H2,(H2,25,27). The first-order chi connectivity index (χ1) is 14.0. The third-order valence-electron chi connectivity index (χ3n) is 3.23. The highest BCUT2D eigenvalue weighted by atomic mass is 32.2. The summed E-state index contributed by atoms with van der Waals surface area (Å²) in [4.78, 5) is 0. The predicted octanol–water partition coefficient (Wildman–Crippen LogP) is 5.07. The molecule has 12 heteroatoms. The lowest BCUT2D eigenvalue weighted by atomic mass is 10.2. The number of thioether (sulfide) groups is 1. The van der Waals surface area contributed by atoms with E-state index in [0.29, 0.717) is 11.3 Å². The second-order valence-corrected chi connectivity index (χ2v) is 6.57. The van der Waals surface area contributed by atoms with Crippen molar-refractivity contribution in [3.8, 4) is 5.75 Å². The minimum Gasteiger partial charge on any atom is -0.429 e. The largest absolute Gasteiger partial charge is 0.525 e. The second-order valence-electron chi connectivity index (χ2n) is 5.57. The lowest BCUT2D eigenvalue weighted by Crippen LogP contribution is -2.41. The van der Waals surface area contributed by atoms with Gasteiger partial charge in [0.1, 0.15) is 5.75 Å². The lowest BCUT2D eigenvalue weighted by Gasteiger charge is -2.22. The molecule has 0 spiro atoms. The van der Waals surface area contributed by atoms with Gasteiger partial charge in [0.05, 0.1) is 6.21 Å². The van der Waals surface area contributed by atoms with Gasteiger partial charge in [-0.05, 0) is 35.4 Å². The Morgan fingerprint density at radius 2 is 1.67 bits per heavy atom. The van der Waals surface area contributed by atoms with Crippen molar-refractivity contribution < 1.29 is 35.8 Å². The molecule has 162 valence electrons. The number of ether oxygens (including phenoxy) is 2. The van der Waals surface area contributed by atoms with E-state index >= 15 is 0 Å². The van der Waals surface area contributed by atoms with Gasteiger partial charge in [-0.3, -0.25) is 0 Å². The summed E-state index contributed by atoms with van der Waals surface area (Å²) in [5.74, 6) is 0.0199. The smallest absolute Gasteiger partial charge is 0.429 e. The maximum absolute atomic E-state index is 13.3. The maximum Gasteiger partial charge on any atom is 0.525 e. The van der Waals surface area contributed by atoms with Crippen molar-refractivity contribution in [2.45, 2.75) is 24.6 Å². The van der Waals surface area contributed by atoms with Crippen LogP contribution in [0.25, 0.3) is 0 Å². The van der Waals surface area contributed by atoms with Gasteiger partial charge in [-0.15, -0.1) is 18.3 Å². The van der Waals surface area contributed by atoms with E-state index in [2.05, 4.69) is 19.7 Å². The Labute approximate surface area is 171 Å². The number of benzene rings is 2. The summed E-state index contributed by atoms with van der Waals surface area (Å²) in [7, 11) is 0. The van der Waals surface area contributed by atoms with Crippen molar-refractivity contribution in [2.75, 3.05) is 0 Å². The average molecular weight is 451 g/mol. The van der Waals surface area contributed by atoms with Crippen molar-refractivity contribution in [1.29, 1.82) is 0 Å². The molecule has 0 radical (unpaired) electrons. The van der Waals surface area contributed by atoms with Crippen LogP contribution in [-0.4, -0.2) is 30.2 Å². The van der Waals surface area contributed by atoms with Crippen LogP contribution in [-0.2, 0) is 10.5 Å². The molecular weight excluding hydrogens is 436 g/mol. The molecule has 0 aliphatic heterocycles. The van der Waals surface area contributed by atoms with Gasteiger partial charge in [0.25, 0.3) is 0 Å². The van der Waals surface area contributed by atoms with Crippen LogP contribution in [0.4, 0.5) is 26.3 Å². The predicted molar refractivity (Wildman–Crippen MR) is 101 cm³/mol. The first-order valence-electron chi connectivity index (χ1n) is 8.14. The van der Waals surface area contributed by atoms with Gasteiger partial charge in [-0.25, -0.2) is 9.13 Å². The van der Waals surface area contributed by atoms with Gasteiger partial charge in [0.2, 0.25) is 0 Å². The summed E-state index contributed by atoms with van der Waals surface area (Å²) in [5, 5.41) is 7.73. The molecule has 0 saturated heterocycles. The van der Waals surface area contributed by atoms with E-state index in [9.17, 15) is 26.3 Å². The number of hydrogen-bond donors (Lipinski definition) is 1. The normalized spacial score (nSPS) is 14.1. The van der Waals surface area contributed by atoms with Crippen molar-refractivity contribution in [3.05, 3.63) is 65.7 Å². The molecule has 0 aliphatic rings. The average Bonchev–Trinajstić information content (AvgIpc) is 2.67. The molecule has 2 N–H and O–H groups in total. The van der Waals surface area contributed by atoms with Gasteiger partial charge in [0.15, 0.2) is 5.17 Å². The molecule has 0 fully saturated rings. The zero-order valence-electron chi connectivity index (χ0n) is 15.0. The Bertz CT molecular complexity index is 860. The summed E-state index contributed by atoms with van der Waals surface area (Å²) in [5.41, 5.74) is 7.17. The minimum atomic E-state index is -5.58. The van der Waals surface area contributed by atoms with E-state index in [1.54, 1.807) is 0 Å². The van der Waals surface area contributed by atoms with Crippen molar-refractivity contribution >= 4 is 23.1 Å². The quantitative estimate of drug-likeness (QED) is 0.263. The van der Waals surface area contributed by atoms with Gasteiger partial charge >= 0.3 is 18.8 Å². The van der Waals surface area contributed by atoms with Crippen LogP contribution in [0.1, 0.15) is 11.1 Å². The van der Waals surface area contributed by atoms with Crippen LogP contribution in [0.3, 0.4) is 0 Å². The summed E-state index contributed by atoms with van der Waals surface area (Å²) in [6.45, 7) is 0. The molecule has 2 aromatic carbocycles. The van der Waals surface area contributed by atoms with E-state index in [1.807, 2.05) is 30.3 Å². The number of halogens is 6. The van der Waals surface area contributed by atoms with Crippen LogP contribution >= 0.6 is 11.8 Å². The van der Waals surface area contributed by atoms with Gasteiger partial charge in [-0.2, -0.15) is 13.9 Å². The fraction of sp³-hybridized carbons (Fsp3) is 0.222. The monoisotopic (exact) mass is 451 g/mol. The Balaban J connectivity index is 1.89. The Hall–Kier alpha value is -2.73. The van der Waals surface area contributed by atoms with Gasteiger partial charge < -0.3 is 10.5 Å². The van der Waals surface area contributed by atoms with Crippen molar-refractivity contribution in [1.82, 2.24) is 0 Å². The van der Waals surface area contributed by atoms with Crippen LogP contribution in [0, 0.1) is 0 Å². The van der Waals surface area contributed by atoms with E-state index in [-0.39, 0.29) is 5.17 Å². The fourth-order valence-corrected chi connectivity index (χ4v) is 2.54. The number of nitrogens with zero attached hydrogens (tertiary/aromatic N) is 2. The topological polar surface area (TPSA) is 69.2 Å². The minimum absolute atomic E-state index is 0.202. The first kappa shape index (κ1) is 23.5. The number of rotatable bonds is 8. The molecule has 0 heterocycles. The highest BCUT2D eigenvalue weighted by Gasteiger charge is 2.50. The van der Waals surface area contributed by atoms with Crippen molar-refractivity contribution in [2.24, 2.45) is 15.9 Å². The highest BCUT2D eigenvalue weighted by Crippen LogP contribution is 2.31. The molecule has 5 nitrogen and oxygen atoms in total. The zero-order valence-corrected chi connectivity index (χ0v) is 15.8. The molecule has 1 atom stereocenters. The number of amidine groups is 1. The van der Waals surface area contributed by atoms with Crippen LogP contribution in [0.15, 0.2) is 64.8 Å². The molecule has 0 aliphatic carbocycles. The fourth-order valence-electron chi connectivity index (χ4n) is 1.92. The molecular formula is C18H15F6N3O2S. The van der Waals surface area contributed by atoms with E-state index < -0.39 is 24.6 Å². The Morgan fingerprint density at radius 3 is 2.27 bits per heavy atom. The number of hydrogen-bond acceptors (Lipinski definition) is 5. The first-order valence-corrected chi connectivity index (χ1v) is 9.12. The molecule has 2 aromatic rings. The van der Waals surface area contributed by atoms with Crippen molar-refractivity contribution in [3.63, 3.8) is 0 Å². The van der Waals surface area contributed by atoms with Crippen LogP contribution in [0.5, 0.6) is 5.75 Å². The third-order valence-corrected chi connectivity index (χ3v) is 4.08. The highest BCUT2D eigenvalue weighted by molar-refractivity contribution is 8.13. The molecule has 1 unspecified atom stereocenters. The maximum atomic E-state index is 13.3. The molecule has 0 bridgehead atoms. The van der Waals surface area contributed by atoms with Crippen LogP contribution < -0.4 is 10.5 Å². The number of nitrogens with two attached hydrogens (primary N) is 1. The Morgan fingerprint density at radius 1 is 1.03 bits per heavy atom. The molecule has 30 heavy (non-hydrogen) atoms. The van der Waals surface area contributed by atoms with E-state index in [0.717, 1.165) is 17.7 Å². The van der Waals surface area contributed by atoms with Crippen LogP contribution in [0.2, 0.25) is 0 Å². The zero-order chi connectivity index (χ0) is 22.2. The van der Waals surface area contributed by atoms with Gasteiger partial charge in [-0.1, -0.05) is 42.1 Å². The second kappa shape index (κ2) is 10.3. The number of alkyl halides is 6. The van der Waals surface area contributed by atoms with E-state index in [4.69, 9.17) is 5.73 Å². The lowest BCUT2D eigenvalue weighted by molar-refractivity contribution is -0.411.